The van der Waals surface area contributed by atoms with E-state index in [1.165, 1.54) is 25.7 Å². The van der Waals surface area contributed by atoms with Crippen molar-refractivity contribution in [3.05, 3.63) is 37.0 Å². The van der Waals surface area contributed by atoms with Crippen LogP contribution in [0.5, 0.6) is 0 Å². The fourth-order valence-corrected chi connectivity index (χ4v) is 2.07. The molecule has 0 aromatic heterocycles. The maximum Gasteiger partial charge on any atom is 0.0879 e. The van der Waals surface area contributed by atoms with Gasteiger partial charge in [-0.3, -0.25) is 0 Å². The van der Waals surface area contributed by atoms with Crippen LogP contribution in [-0.2, 0) is 4.74 Å². The minimum atomic E-state index is 0.489. The van der Waals surface area contributed by atoms with Crippen molar-refractivity contribution < 1.29 is 4.74 Å². The van der Waals surface area contributed by atoms with Crippen LogP contribution in [0.2, 0.25) is 0 Å². The first-order valence-electron chi connectivity index (χ1n) is 7.44. The maximum atomic E-state index is 5.61. The Bertz CT molecular complexity index is 265. The highest BCUT2D eigenvalue weighted by Crippen LogP contribution is 2.29. The van der Waals surface area contributed by atoms with E-state index in [9.17, 15) is 0 Å². The quantitative estimate of drug-likeness (QED) is 0.278. The second-order valence-electron chi connectivity index (χ2n) is 4.96. The van der Waals surface area contributed by atoms with Crippen LogP contribution >= 0.6 is 0 Å². The second-order valence-corrected chi connectivity index (χ2v) is 4.96. The van der Waals surface area contributed by atoms with E-state index >= 15 is 0 Å². The van der Waals surface area contributed by atoms with Crippen LogP contribution in [0.15, 0.2) is 37.0 Å². The molecular formula is C17H28O. The first-order chi connectivity index (χ1) is 8.88. The summed E-state index contributed by atoms with van der Waals surface area (Å²) in [4.78, 5) is 0. The Hall–Kier alpha value is -0.820. The molecule has 2 atom stereocenters. The summed E-state index contributed by atoms with van der Waals surface area (Å²) in [6.07, 6.45) is 21.7. The Labute approximate surface area is 113 Å². The van der Waals surface area contributed by atoms with Crippen molar-refractivity contribution in [2.24, 2.45) is 0 Å². The molecule has 102 valence electrons. The Morgan fingerprint density at radius 1 is 0.889 bits per heavy atom. The lowest BCUT2D eigenvalue weighted by Crippen LogP contribution is -1.90. The lowest BCUT2D eigenvalue weighted by Gasteiger charge is -1.94. The molecule has 0 amide bonds. The summed E-state index contributed by atoms with van der Waals surface area (Å²) in [5.74, 6) is 0. The van der Waals surface area contributed by atoms with Crippen molar-refractivity contribution in [3.63, 3.8) is 0 Å². The molecule has 0 aliphatic carbocycles. The van der Waals surface area contributed by atoms with Gasteiger partial charge in [-0.05, 0) is 44.9 Å². The van der Waals surface area contributed by atoms with E-state index < -0.39 is 0 Å². The van der Waals surface area contributed by atoms with Gasteiger partial charge in [0.25, 0.3) is 0 Å². The highest BCUT2D eigenvalue weighted by Gasteiger charge is 2.35. The van der Waals surface area contributed by atoms with E-state index in [0.717, 1.165) is 25.7 Å². The zero-order valence-corrected chi connectivity index (χ0v) is 11.8. The third-order valence-corrected chi connectivity index (χ3v) is 3.27. The first-order valence-corrected chi connectivity index (χ1v) is 7.44. The van der Waals surface area contributed by atoms with E-state index in [1.807, 2.05) is 6.08 Å². The van der Waals surface area contributed by atoms with Crippen LogP contribution in [-0.4, -0.2) is 12.2 Å². The van der Waals surface area contributed by atoms with Gasteiger partial charge >= 0.3 is 0 Å². The molecular weight excluding hydrogens is 220 g/mol. The number of hydrogen-bond donors (Lipinski definition) is 0. The Balaban J connectivity index is 1.89. The fourth-order valence-electron chi connectivity index (χ4n) is 2.07. The number of epoxide rings is 1. The van der Waals surface area contributed by atoms with Gasteiger partial charge in [0.15, 0.2) is 0 Å². The second kappa shape index (κ2) is 10.1. The summed E-state index contributed by atoms with van der Waals surface area (Å²) >= 11 is 0. The summed E-state index contributed by atoms with van der Waals surface area (Å²) in [6.45, 7) is 5.90. The average Bonchev–Trinajstić information content (AvgIpc) is 3.12. The molecule has 0 spiro atoms. The molecule has 0 aromatic rings. The van der Waals surface area contributed by atoms with Crippen LogP contribution in [0.25, 0.3) is 0 Å². The molecule has 1 nitrogen and oxygen atoms in total. The summed E-state index contributed by atoms with van der Waals surface area (Å²) in [6, 6.07) is 0. The summed E-state index contributed by atoms with van der Waals surface area (Å²) < 4.78 is 5.61. The zero-order chi connectivity index (χ0) is 13.1. The van der Waals surface area contributed by atoms with E-state index in [1.54, 1.807) is 0 Å². The van der Waals surface area contributed by atoms with Gasteiger partial charge in [-0.15, -0.1) is 6.58 Å². The minimum absolute atomic E-state index is 0.489. The first kappa shape index (κ1) is 15.2. The molecule has 1 heteroatoms. The molecule has 0 bridgehead atoms. The van der Waals surface area contributed by atoms with Crippen molar-refractivity contribution in [2.45, 2.75) is 70.5 Å². The normalized spacial score (nSPS) is 22.9. The van der Waals surface area contributed by atoms with Crippen LogP contribution in [0.4, 0.5) is 0 Å². The number of hydrogen-bond acceptors (Lipinski definition) is 1. The summed E-state index contributed by atoms with van der Waals surface area (Å²) in [7, 11) is 0. The minimum Gasteiger partial charge on any atom is -0.369 e. The topological polar surface area (TPSA) is 12.5 Å². The van der Waals surface area contributed by atoms with Crippen molar-refractivity contribution in [1.29, 1.82) is 0 Å². The molecule has 1 aliphatic rings. The highest BCUT2D eigenvalue weighted by atomic mass is 16.6. The third-order valence-electron chi connectivity index (χ3n) is 3.27. The van der Waals surface area contributed by atoms with Gasteiger partial charge in [0.2, 0.25) is 0 Å². The lowest BCUT2D eigenvalue weighted by atomic mass is 10.1. The van der Waals surface area contributed by atoms with E-state index in [0.29, 0.717) is 12.2 Å². The summed E-state index contributed by atoms with van der Waals surface area (Å²) in [5, 5.41) is 0. The molecule has 0 N–H and O–H groups in total. The largest absolute Gasteiger partial charge is 0.369 e. The number of rotatable bonds is 11. The molecule has 1 rings (SSSR count). The molecule has 0 unspecified atom stereocenters. The zero-order valence-electron chi connectivity index (χ0n) is 11.8. The number of allylic oxidation sites excluding steroid dienone is 3. The standard InChI is InChI=1S/C17H28O/c1-3-5-7-8-9-10-11-13-15-17-16(18-17)14-12-6-4-2/h3,6,11-13,16-17H,1,4-5,7-10,14-15H2,2H3/t16-,17-/m1/s1. The van der Waals surface area contributed by atoms with E-state index in [2.05, 4.69) is 37.8 Å². The molecule has 1 aliphatic heterocycles. The van der Waals surface area contributed by atoms with Crippen molar-refractivity contribution >= 4 is 0 Å². The predicted molar refractivity (Wildman–Crippen MR) is 79.7 cm³/mol. The Morgan fingerprint density at radius 2 is 1.56 bits per heavy atom. The Kier molecular flexibility index (Phi) is 8.58. The monoisotopic (exact) mass is 248 g/mol. The number of ether oxygens (including phenoxy) is 1. The van der Waals surface area contributed by atoms with Crippen molar-refractivity contribution in [2.75, 3.05) is 0 Å². The molecule has 1 fully saturated rings. The molecule has 1 heterocycles. The van der Waals surface area contributed by atoms with Gasteiger partial charge in [-0.25, -0.2) is 0 Å². The fraction of sp³-hybridized carbons (Fsp3) is 0.647. The smallest absolute Gasteiger partial charge is 0.0879 e. The lowest BCUT2D eigenvalue weighted by molar-refractivity contribution is 0.372. The van der Waals surface area contributed by atoms with Crippen LogP contribution < -0.4 is 0 Å². The van der Waals surface area contributed by atoms with Crippen molar-refractivity contribution in [1.82, 2.24) is 0 Å². The van der Waals surface area contributed by atoms with Gasteiger partial charge < -0.3 is 4.74 Å². The Morgan fingerprint density at radius 3 is 2.22 bits per heavy atom. The third kappa shape index (κ3) is 7.50. The molecule has 1 saturated heterocycles. The van der Waals surface area contributed by atoms with Gasteiger partial charge in [-0.1, -0.05) is 43.7 Å². The number of unbranched alkanes of at least 4 members (excludes halogenated alkanes) is 4. The highest BCUT2D eigenvalue weighted by molar-refractivity contribution is 4.97. The molecule has 0 saturated carbocycles. The SMILES string of the molecule is C=CCCCCCC=CC[C@H]1O[C@@H]1CC=CCC. The van der Waals surface area contributed by atoms with Crippen LogP contribution in [0.3, 0.4) is 0 Å². The van der Waals surface area contributed by atoms with Crippen LogP contribution in [0.1, 0.15) is 58.3 Å². The van der Waals surface area contributed by atoms with Gasteiger partial charge in [0.1, 0.15) is 0 Å². The molecule has 0 aromatic carbocycles. The van der Waals surface area contributed by atoms with Gasteiger partial charge in [-0.2, -0.15) is 0 Å². The summed E-state index contributed by atoms with van der Waals surface area (Å²) in [5.41, 5.74) is 0. The van der Waals surface area contributed by atoms with Gasteiger partial charge in [0, 0.05) is 0 Å². The van der Waals surface area contributed by atoms with E-state index in [4.69, 9.17) is 4.74 Å². The molecule has 0 radical (unpaired) electrons. The van der Waals surface area contributed by atoms with Crippen LogP contribution in [0, 0.1) is 0 Å². The predicted octanol–water partition coefficient (Wildman–Crippen LogP) is 5.19. The molecule has 18 heavy (non-hydrogen) atoms. The van der Waals surface area contributed by atoms with E-state index in [-0.39, 0.29) is 0 Å². The average molecular weight is 248 g/mol. The van der Waals surface area contributed by atoms with Crippen molar-refractivity contribution in [3.8, 4) is 0 Å². The maximum absolute atomic E-state index is 5.61. The van der Waals surface area contributed by atoms with Gasteiger partial charge in [0.05, 0.1) is 12.2 Å².